The molecule has 1 aromatic rings. The van der Waals surface area contributed by atoms with Crippen LogP contribution >= 0.6 is 0 Å². The van der Waals surface area contributed by atoms with Crippen molar-refractivity contribution < 1.29 is 9.59 Å². The Hall–Kier alpha value is -1.94. The number of rotatable bonds is 1. The lowest BCUT2D eigenvalue weighted by molar-refractivity contribution is 0.0861. The average molecular weight is 296 g/mol. The first-order chi connectivity index (χ1) is 10.7. The van der Waals surface area contributed by atoms with Gasteiger partial charge in [-0.2, -0.15) is 0 Å². The van der Waals surface area contributed by atoms with E-state index < -0.39 is 0 Å². The maximum Gasteiger partial charge on any atom is 0.199 e. The molecule has 4 rings (SSSR count). The molecule has 0 unspecified atom stereocenters. The van der Waals surface area contributed by atoms with Crippen LogP contribution in [0.1, 0.15) is 46.9 Å². The number of hydrogen-bond donors (Lipinski definition) is 0. The van der Waals surface area contributed by atoms with Crippen LogP contribution in [0.5, 0.6) is 0 Å². The van der Waals surface area contributed by atoms with Gasteiger partial charge < -0.3 is 4.90 Å². The van der Waals surface area contributed by atoms with Gasteiger partial charge in [0.15, 0.2) is 11.6 Å². The lowest BCUT2D eigenvalue weighted by atomic mass is 10.1. The summed E-state index contributed by atoms with van der Waals surface area (Å²) in [5.74, 6) is -0.219. The molecular formula is C18H20N2O2. The molecular weight excluding hydrogens is 276 g/mol. The number of carbonyl (C=O) groups is 2. The number of ketones is 2. The molecule has 0 aromatic heterocycles. The van der Waals surface area contributed by atoms with Crippen molar-refractivity contribution >= 4 is 11.6 Å². The molecule has 1 aliphatic carbocycles. The normalized spacial score (nSPS) is 24.7. The molecule has 4 nitrogen and oxygen atoms in total. The fourth-order valence-electron chi connectivity index (χ4n) is 4.02. The number of benzene rings is 1. The Morgan fingerprint density at radius 3 is 2.41 bits per heavy atom. The average Bonchev–Trinajstić information content (AvgIpc) is 3.10. The van der Waals surface area contributed by atoms with Crippen LogP contribution in [0.2, 0.25) is 0 Å². The first-order valence-electron chi connectivity index (χ1n) is 8.05. The molecule has 3 aliphatic rings. The fourth-order valence-corrected chi connectivity index (χ4v) is 4.02. The zero-order chi connectivity index (χ0) is 15.3. The Morgan fingerprint density at radius 1 is 1.05 bits per heavy atom. The van der Waals surface area contributed by atoms with Crippen LogP contribution in [0, 0.1) is 0 Å². The van der Waals surface area contributed by atoms with Gasteiger partial charge in [-0.05, 0) is 26.2 Å². The molecule has 2 fully saturated rings. The minimum atomic E-state index is -0.110. The maximum absolute atomic E-state index is 12.6. The van der Waals surface area contributed by atoms with E-state index >= 15 is 0 Å². The van der Waals surface area contributed by atoms with Crippen molar-refractivity contribution in [3.05, 3.63) is 46.7 Å². The van der Waals surface area contributed by atoms with Crippen molar-refractivity contribution in [3.8, 4) is 0 Å². The Balaban J connectivity index is 1.67. The highest BCUT2D eigenvalue weighted by molar-refractivity contribution is 6.39. The number of carbonyl (C=O) groups excluding carboxylic acids is 2. The monoisotopic (exact) mass is 296 g/mol. The number of allylic oxidation sites excluding steroid dienone is 2. The van der Waals surface area contributed by atoms with Crippen LogP contribution in [0.15, 0.2) is 35.5 Å². The van der Waals surface area contributed by atoms with Gasteiger partial charge in [0.2, 0.25) is 0 Å². The highest BCUT2D eigenvalue weighted by Gasteiger charge is 2.37. The van der Waals surface area contributed by atoms with Crippen molar-refractivity contribution in [2.45, 2.75) is 32.2 Å². The summed E-state index contributed by atoms with van der Waals surface area (Å²) in [5, 5.41) is 0. The van der Waals surface area contributed by atoms with Crippen LogP contribution in [0.4, 0.5) is 0 Å². The van der Waals surface area contributed by atoms with E-state index in [4.69, 9.17) is 0 Å². The van der Waals surface area contributed by atoms with Crippen LogP contribution in [0.25, 0.3) is 0 Å². The molecule has 0 bridgehead atoms. The van der Waals surface area contributed by atoms with Gasteiger partial charge in [0, 0.05) is 36.0 Å². The van der Waals surface area contributed by atoms with Gasteiger partial charge in [-0.25, -0.2) is 0 Å². The molecule has 2 saturated heterocycles. The van der Waals surface area contributed by atoms with E-state index in [1.807, 2.05) is 19.1 Å². The highest BCUT2D eigenvalue weighted by atomic mass is 16.2. The van der Waals surface area contributed by atoms with Crippen molar-refractivity contribution in [1.82, 2.24) is 9.80 Å². The SMILES string of the molecule is CC(=C1C(=O)c2ccccc2C1=O)N1CC[C@H]2CCCN2C1. The van der Waals surface area contributed by atoms with E-state index in [0.29, 0.717) is 22.7 Å². The second kappa shape index (κ2) is 5.06. The molecule has 0 amide bonds. The summed E-state index contributed by atoms with van der Waals surface area (Å²) in [6.45, 7) is 4.84. The second-order valence-corrected chi connectivity index (χ2v) is 6.47. The molecule has 0 spiro atoms. The second-order valence-electron chi connectivity index (χ2n) is 6.47. The summed E-state index contributed by atoms with van der Waals surface area (Å²) in [7, 11) is 0. The lowest BCUT2D eigenvalue weighted by Crippen LogP contribution is -2.47. The van der Waals surface area contributed by atoms with E-state index in [9.17, 15) is 9.59 Å². The summed E-state index contributed by atoms with van der Waals surface area (Å²) in [6.07, 6.45) is 3.67. The minimum absolute atomic E-state index is 0.110. The molecule has 2 heterocycles. The molecule has 0 radical (unpaired) electrons. The van der Waals surface area contributed by atoms with Gasteiger partial charge in [-0.1, -0.05) is 24.3 Å². The van der Waals surface area contributed by atoms with Gasteiger partial charge in [0.25, 0.3) is 0 Å². The number of nitrogens with zero attached hydrogens (tertiary/aromatic N) is 2. The molecule has 1 atom stereocenters. The summed E-state index contributed by atoms with van der Waals surface area (Å²) in [6, 6.07) is 7.84. The van der Waals surface area contributed by atoms with E-state index in [1.54, 1.807) is 12.1 Å². The van der Waals surface area contributed by atoms with E-state index in [0.717, 1.165) is 31.9 Å². The molecule has 4 heteroatoms. The first kappa shape index (κ1) is 13.7. The predicted octanol–water partition coefficient (Wildman–Crippen LogP) is 2.47. The standard InChI is InChI=1S/C18H20N2O2/c1-12(19-10-8-13-5-4-9-20(13)11-19)16-17(21)14-6-2-3-7-15(14)18(16)22/h2-3,6-7,13H,4-5,8-11H2,1H3/t13-/m1/s1. The third-order valence-corrected chi connectivity index (χ3v) is 5.29. The molecule has 0 N–H and O–H groups in total. The zero-order valence-corrected chi connectivity index (χ0v) is 12.8. The largest absolute Gasteiger partial charge is 0.361 e. The fraction of sp³-hybridized carbons (Fsp3) is 0.444. The van der Waals surface area contributed by atoms with E-state index in [2.05, 4.69) is 9.80 Å². The minimum Gasteiger partial charge on any atom is -0.361 e. The predicted molar refractivity (Wildman–Crippen MR) is 83.7 cm³/mol. The molecule has 22 heavy (non-hydrogen) atoms. The van der Waals surface area contributed by atoms with Crippen molar-refractivity contribution in [3.63, 3.8) is 0 Å². The van der Waals surface area contributed by atoms with Gasteiger partial charge in [0.1, 0.15) is 0 Å². The lowest BCUT2D eigenvalue weighted by Gasteiger charge is -2.39. The molecule has 0 saturated carbocycles. The van der Waals surface area contributed by atoms with Gasteiger partial charge in [0.05, 0.1) is 12.2 Å². The van der Waals surface area contributed by atoms with Gasteiger partial charge in [-0.15, -0.1) is 0 Å². The number of fused-ring (bicyclic) bond motifs is 2. The van der Waals surface area contributed by atoms with Crippen molar-refractivity contribution in [2.75, 3.05) is 19.8 Å². The quantitative estimate of drug-likeness (QED) is 0.589. The van der Waals surface area contributed by atoms with Crippen LogP contribution < -0.4 is 0 Å². The summed E-state index contributed by atoms with van der Waals surface area (Å²) >= 11 is 0. The van der Waals surface area contributed by atoms with Crippen molar-refractivity contribution in [2.24, 2.45) is 0 Å². The zero-order valence-electron chi connectivity index (χ0n) is 12.8. The van der Waals surface area contributed by atoms with E-state index in [-0.39, 0.29) is 11.6 Å². The van der Waals surface area contributed by atoms with Gasteiger partial charge >= 0.3 is 0 Å². The molecule has 2 aliphatic heterocycles. The highest BCUT2D eigenvalue weighted by Crippen LogP contribution is 2.32. The maximum atomic E-state index is 12.6. The van der Waals surface area contributed by atoms with Crippen molar-refractivity contribution in [1.29, 1.82) is 0 Å². The van der Waals surface area contributed by atoms with Crippen LogP contribution in [-0.4, -0.2) is 47.2 Å². The summed E-state index contributed by atoms with van der Waals surface area (Å²) in [5.41, 5.74) is 2.33. The Labute approximate surface area is 130 Å². The first-order valence-corrected chi connectivity index (χ1v) is 8.05. The topological polar surface area (TPSA) is 40.6 Å². The molecule has 1 aromatic carbocycles. The van der Waals surface area contributed by atoms with E-state index in [1.165, 1.54) is 12.8 Å². The van der Waals surface area contributed by atoms with Crippen LogP contribution in [0.3, 0.4) is 0 Å². The Bertz CT molecular complexity index is 655. The molecule has 114 valence electrons. The van der Waals surface area contributed by atoms with Gasteiger partial charge in [-0.3, -0.25) is 14.5 Å². The number of hydrogen-bond acceptors (Lipinski definition) is 4. The third-order valence-electron chi connectivity index (χ3n) is 5.29. The summed E-state index contributed by atoms with van der Waals surface area (Å²) in [4.78, 5) is 29.9. The number of Topliss-reactive ketones (excluding diaryl/α,β-unsaturated/α-hetero) is 2. The Kier molecular flexibility index (Phi) is 3.15. The Morgan fingerprint density at radius 2 is 1.73 bits per heavy atom. The van der Waals surface area contributed by atoms with Crippen LogP contribution in [-0.2, 0) is 0 Å². The third kappa shape index (κ3) is 1.94. The summed E-state index contributed by atoms with van der Waals surface area (Å²) < 4.78 is 0. The smallest absolute Gasteiger partial charge is 0.199 e.